The molecule has 0 aromatic heterocycles. The van der Waals surface area contributed by atoms with E-state index in [9.17, 15) is 14.9 Å². The van der Waals surface area contributed by atoms with Gasteiger partial charge in [-0.1, -0.05) is 19.1 Å². The number of nitrogens with zero attached hydrogens (tertiary/aromatic N) is 1. The van der Waals surface area contributed by atoms with Crippen LogP contribution in [0.25, 0.3) is 0 Å². The number of nitro groups is 1. The van der Waals surface area contributed by atoms with Gasteiger partial charge in [0.2, 0.25) is 5.91 Å². The fraction of sp³-hybridized carbons (Fsp3) is 0.500. The highest BCUT2D eigenvalue weighted by molar-refractivity contribution is 5.76. The summed E-state index contributed by atoms with van der Waals surface area (Å²) >= 11 is 0. The van der Waals surface area contributed by atoms with Crippen LogP contribution < -0.4 is 10.6 Å². The van der Waals surface area contributed by atoms with E-state index in [1.807, 2.05) is 13.8 Å². The van der Waals surface area contributed by atoms with Gasteiger partial charge < -0.3 is 10.6 Å². The second-order valence-electron chi connectivity index (χ2n) is 4.76. The molecule has 2 N–H and O–H groups in total. The number of nitro benzene ring substituents is 1. The molecule has 0 saturated carbocycles. The molecular weight excluding hydrogens is 258 g/mol. The number of nitrogens with one attached hydrogen (secondary N) is 2. The van der Waals surface area contributed by atoms with Crippen molar-refractivity contribution in [3.05, 3.63) is 39.4 Å². The lowest BCUT2D eigenvalue weighted by atomic mass is 10.1. The molecule has 1 amide bonds. The summed E-state index contributed by atoms with van der Waals surface area (Å²) in [5.74, 6) is -0.0654. The smallest absolute Gasteiger partial charge is 0.272 e. The molecule has 0 bridgehead atoms. The summed E-state index contributed by atoms with van der Waals surface area (Å²) in [5.41, 5.74) is 1.44. The number of amides is 1. The van der Waals surface area contributed by atoms with Crippen molar-refractivity contribution in [2.75, 3.05) is 6.54 Å². The van der Waals surface area contributed by atoms with E-state index in [4.69, 9.17) is 0 Å². The summed E-state index contributed by atoms with van der Waals surface area (Å²) in [4.78, 5) is 22.2. The highest BCUT2D eigenvalue weighted by atomic mass is 16.6. The van der Waals surface area contributed by atoms with Gasteiger partial charge >= 0.3 is 0 Å². The largest absolute Gasteiger partial charge is 0.352 e. The Kier molecular flexibility index (Phi) is 6.11. The maximum absolute atomic E-state index is 11.7. The summed E-state index contributed by atoms with van der Waals surface area (Å²) < 4.78 is 0. The van der Waals surface area contributed by atoms with Crippen LogP contribution in [-0.4, -0.2) is 23.4 Å². The van der Waals surface area contributed by atoms with Crippen LogP contribution in [0, 0.1) is 17.0 Å². The first-order chi connectivity index (χ1) is 9.45. The second kappa shape index (κ2) is 7.59. The van der Waals surface area contributed by atoms with Gasteiger partial charge in [0.15, 0.2) is 0 Å². The summed E-state index contributed by atoms with van der Waals surface area (Å²) in [6.07, 6.45) is 0.391. The number of benzene rings is 1. The Hall–Kier alpha value is -1.95. The van der Waals surface area contributed by atoms with E-state index in [0.29, 0.717) is 18.5 Å². The Morgan fingerprint density at radius 1 is 1.45 bits per heavy atom. The lowest BCUT2D eigenvalue weighted by Crippen LogP contribution is -2.33. The van der Waals surface area contributed by atoms with Gasteiger partial charge in [-0.15, -0.1) is 0 Å². The molecular formula is C14H21N3O3. The monoisotopic (exact) mass is 279 g/mol. The van der Waals surface area contributed by atoms with E-state index >= 15 is 0 Å². The molecule has 0 aliphatic carbocycles. The summed E-state index contributed by atoms with van der Waals surface area (Å²) in [6, 6.07) is 5.00. The van der Waals surface area contributed by atoms with Gasteiger partial charge in [0.05, 0.1) is 4.92 Å². The quantitative estimate of drug-likeness (QED) is 0.590. The zero-order valence-corrected chi connectivity index (χ0v) is 12.1. The van der Waals surface area contributed by atoms with Crippen LogP contribution in [0.2, 0.25) is 0 Å². The first-order valence-corrected chi connectivity index (χ1v) is 6.68. The zero-order chi connectivity index (χ0) is 15.1. The fourth-order valence-electron chi connectivity index (χ4n) is 2.02. The van der Waals surface area contributed by atoms with Gasteiger partial charge in [-0.25, -0.2) is 0 Å². The molecule has 0 aliphatic heterocycles. The van der Waals surface area contributed by atoms with Crippen molar-refractivity contribution in [3.8, 4) is 0 Å². The maximum atomic E-state index is 11.7. The van der Waals surface area contributed by atoms with Gasteiger partial charge in [0.1, 0.15) is 0 Å². The van der Waals surface area contributed by atoms with Crippen LogP contribution in [0.15, 0.2) is 18.2 Å². The van der Waals surface area contributed by atoms with Crippen molar-refractivity contribution >= 4 is 11.6 Å². The summed E-state index contributed by atoms with van der Waals surface area (Å²) in [6.45, 7) is 6.76. The maximum Gasteiger partial charge on any atom is 0.272 e. The molecule has 0 saturated heterocycles. The van der Waals surface area contributed by atoms with Gasteiger partial charge in [-0.2, -0.15) is 0 Å². The topological polar surface area (TPSA) is 84.3 Å². The van der Waals surface area contributed by atoms with Crippen molar-refractivity contribution in [2.45, 2.75) is 39.8 Å². The molecule has 0 radical (unpaired) electrons. The molecule has 1 rings (SSSR count). The highest BCUT2D eigenvalue weighted by Crippen LogP contribution is 2.20. The molecule has 6 nitrogen and oxygen atoms in total. The molecule has 110 valence electrons. The van der Waals surface area contributed by atoms with Gasteiger partial charge in [-0.3, -0.25) is 14.9 Å². The number of hydrogen-bond acceptors (Lipinski definition) is 4. The van der Waals surface area contributed by atoms with E-state index in [1.165, 1.54) is 6.07 Å². The number of hydrogen-bond donors (Lipinski definition) is 2. The molecule has 0 aliphatic rings. The highest BCUT2D eigenvalue weighted by Gasteiger charge is 2.14. The van der Waals surface area contributed by atoms with Crippen LogP contribution in [-0.2, 0) is 11.3 Å². The van der Waals surface area contributed by atoms with E-state index in [0.717, 1.165) is 12.1 Å². The number of rotatable bonds is 7. The van der Waals surface area contributed by atoms with Gasteiger partial charge in [0, 0.05) is 30.6 Å². The molecule has 0 spiro atoms. The predicted molar refractivity (Wildman–Crippen MR) is 77.4 cm³/mol. The first-order valence-electron chi connectivity index (χ1n) is 6.68. The van der Waals surface area contributed by atoms with E-state index in [1.54, 1.807) is 19.1 Å². The Morgan fingerprint density at radius 2 is 2.15 bits per heavy atom. The average molecular weight is 279 g/mol. The fourth-order valence-corrected chi connectivity index (χ4v) is 2.02. The van der Waals surface area contributed by atoms with Crippen LogP contribution in [0.1, 0.15) is 31.4 Å². The van der Waals surface area contributed by atoms with E-state index < -0.39 is 4.92 Å². The molecule has 1 aromatic rings. The normalized spacial score (nSPS) is 11.9. The molecule has 1 aromatic carbocycles. The van der Waals surface area contributed by atoms with Crippen LogP contribution in [0.4, 0.5) is 5.69 Å². The minimum Gasteiger partial charge on any atom is -0.352 e. The minimum atomic E-state index is -0.409. The van der Waals surface area contributed by atoms with Crippen molar-refractivity contribution in [2.24, 2.45) is 0 Å². The molecule has 0 fully saturated rings. The van der Waals surface area contributed by atoms with E-state index in [-0.39, 0.29) is 17.6 Å². The molecule has 6 heteroatoms. The number of carbonyl (C=O) groups excluding carboxylic acids is 1. The Bertz CT molecular complexity index is 489. The van der Waals surface area contributed by atoms with Gasteiger partial charge in [-0.05, 0) is 26.0 Å². The minimum absolute atomic E-state index is 0.0654. The lowest BCUT2D eigenvalue weighted by Gasteiger charge is -2.13. The predicted octanol–water partition coefficient (Wildman–Crippen LogP) is 1.91. The van der Waals surface area contributed by atoms with E-state index in [2.05, 4.69) is 10.6 Å². The molecule has 0 heterocycles. The van der Waals surface area contributed by atoms with Crippen molar-refractivity contribution < 1.29 is 9.72 Å². The van der Waals surface area contributed by atoms with Gasteiger partial charge in [0.25, 0.3) is 5.69 Å². The Labute approximate surface area is 118 Å². The SMILES string of the molecule is CCNC(C)CC(=O)NCc1cccc([N+](=O)[O-])c1C. The Balaban J connectivity index is 2.60. The van der Waals surface area contributed by atoms with Crippen molar-refractivity contribution in [3.63, 3.8) is 0 Å². The third-order valence-corrected chi connectivity index (χ3v) is 3.13. The van der Waals surface area contributed by atoms with Crippen LogP contribution >= 0.6 is 0 Å². The zero-order valence-electron chi connectivity index (χ0n) is 12.1. The summed E-state index contributed by atoms with van der Waals surface area (Å²) in [5, 5.41) is 16.8. The average Bonchev–Trinajstić information content (AvgIpc) is 2.37. The lowest BCUT2D eigenvalue weighted by molar-refractivity contribution is -0.385. The van der Waals surface area contributed by atoms with Crippen LogP contribution in [0.5, 0.6) is 0 Å². The standard InChI is InChI=1S/C14H21N3O3/c1-4-15-10(2)8-14(18)16-9-12-6-5-7-13(11(12)3)17(19)20/h5-7,10,15H,4,8-9H2,1-3H3,(H,16,18). The molecule has 20 heavy (non-hydrogen) atoms. The van der Waals surface area contributed by atoms with Crippen LogP contribution in [0.3, 0.4) is 0 Å². The third kappa shape index (κ3) is 4.62. The molecule has 1 atom stereocenters. The number of carbonyl (C=O) groups is 1. The third-order valence-electron chi connectivity index (χ3n) is 3.13. The van der Waals surface area contributed by atoms with Crippen molar-refractivity contribution in [1.82, 2.24) is 10.6 Å². The second-order valence-corrected chi connectivity index (χ2v) is 4.76. The molecule has 1 unspecified atom stereocenters. The Morgan fingerprint density at radius 3 is 2.75 bits per heavy atom. The first kappa shape index (κ1) is 16.1. The van der Waals surface area contributed by atoms with Crippen molar-refractivity contribution in [1.29, 1.82) is 0 Å². The summed E-state index contributed by atoms with van der Waals surface area (Å²) in [7, 11) is 0.